The molecule has 0 bridgehead atoms. The van der Waals surface area contributed by atoms with Gasteiger partial charge in [0.2, 0.25) is 0 Å². The second-order valence-corrected chi connectivity index (χ2v) is 8.64. The van der Waals surface area contributed by atoms with E-state index in [-0.39, 0.29) is 7.92 Å². The normalized spacial score (nSPS) is 28.6. The van der Waals surface area contributed by atoms with Crippen LogP contribution in [-0.4, -0.2) is 11.3 Å². The average molecular weight is 264 g/mol. The highest BCUT2D eigenvalue weighted by Crippen LogP contribution is 2.64. The van der Waals surface area contributed by atoms with Crippen LogP contribution < -0.4 is 0 Å². The molecule has 2 atom stereocenters. The summed E-state index contributed by atoms with van der Waals surface area (Å²) in [5.41, 5.74) is 3.77. The number of rotatable bonds is 6. The fraction of sp³-hybridized carbons (Fsp3) is 0.765. The molecule has 0 amide bonds. The molecule has 2 aliphatic rings. The zero-order valence-corrected chi connectivity index (χ0v) is 13.3. The summed E-state index contributed by atoms with van der Waals surface area (Å²) in [5.74, 6) is 0. The van der Waals surface area contributed by atoms with Crippen molar-refractivity contribution in [2.45, 2.75) is 83.5 Å². The molecule has 0 N–H and O–H groups in total. The zero-order valence-electron chi connectivity index (χ0n) is 12.4. The molecule has 1 aliphatic heterocycles. The standard InChI is InChI=1S/C17H29P/c1-4-7-8-14-9-10-17(13-14)18-15(5-2)11-12-16(18)6-3/h10,13,15-16H,4-9,11-12H2,1-3H3/t15-,16-/m1/s1. The van der Waals surface area contributed by atoms with Gasteiger partial charge in [0.25, 0.3) is 0 Å². The van der Waals surface area contributed by atoms with Crippen LogP contribution in [0, 0.1) is 0 Å². The summed E-state index contributed by atoms with van der Waals surface area (Å²) >= 11 is 0. The third kappa shape index (κ3) is 3.08. The Balaban J connectivity index is 2.03. The van der Waals surface area contributed by atoms with Crippen LogP contribution in [0.5, 0.6) is 0 Å². The van der Waals surface area contributed by atoms with Crippen molar-refractivity contribution >= 4 is 7.92 Å². The maximum Gasteiger partial charge on any atom is -0.0126 e. The second kappa shape index (κ2) is 6.90. The Labute approximate surface area is 115 Å². The Morgan fingerprint density at radius 3 is 2.33 bits per heavy atom. The van der Waals surface area contributed by atoms with Crippen LogP contribution in [0.25, 0.3) is 0 Å². The van der Waals surface area contributed by atoms with E-state index in [1.165, 1.54) is 51.4 Å². The largest absolute Gasteiger partial charge is 0.0727 e. The van der Waals surface area contributed by atoms with Crippen molar-refractivity contribution < 1.29 is 0 Å². The monoisotopic (exact) mass is 264 g/mol. The molecule has 18 heavy (non-hydrogen) atoms. The van der Waals surface area contributed by atoms with Crippen LogP contribution in [-0.2, 0) is 0 Å². The third-order valence-corrected chi connectivity index (χ3v) is 8.37. The number of unbranched alkanes of at least 4 members (excludes halogenated alkanes) is 1. The van der Waals surface area contributed by atoms with E-state index >= 15 is 0 Å². The SMILES string of the molecule is CCCCC1=CC(P2[C@H](CC)CC[C@H]2CC)=CC1. The molecule has 0 spiro atoms. The summed E-state index contributed by atoms with van der Waals surface area (Å²) in [6.07, 6.45) is 16.3. The van der Waals surface area contributed by atoms with Gasteiger partial charge >= 0.3 is 0 Å². The van der Waals surface area contributed by atoms with Gasteiger partial charge in [-0.2, -0.15) is 0 Å². The molecule has 0 aromatic carbocycles. The Hall–Kier alpha value is -0.0900. The van der Waals surface area contributed by atoms with E-state index in [1.807, 2.05) is 0 Å². The first-order valence-electron chi connectivity index (χ1n) is 7.98. The minimum Gasteiger partial charge on any atom is -0.0727 e. The molecule has 1 fully saturated rings. The van der Waals surface area contributed by atoms with Crippen LogP contribution in [0.2, 0.25) is 0 Å². The maximum atomic E-state index is 2.60. The molecule has 102 valence electrons. The molecule has 1 aliphatic carbocycles. The highest BCUT2D eigenvalue weighted by Gasteiger charge is 2.35. The average Bonchev–Trinajstić information content (AvgIpc) is 3.01. The van der Waals surface area contributed by atoms with E-state index in [9.17, 15) is 0 Å². The van der Waals surface area contributed by atoms with Crippen LogP contribution in [0.4, 0.5) is 0 Å². The Morgan fingerprint density at radius 1 is 1.11 bits per heavy atom. The first-order chi connectivity index (χ1) is 8.80. The number of hydrogen-bond donors (Lipinski definition) is 0. The molecular weight excluding hydrogens is 235 g/mol. The van der Waals surface area contributed by atoms with Gasteiger partial charge in [0.1, 0.15) is 0 Å². The predicted octanol–water partition coefficient (Wildman–Crippen LogP) is 6.22. The van der Waals surface area contributed by atoms with Gasteiger partial charge in [0.15, 0.2) is 0 Å². The fourth-order valence-electron chi connectivity index (χ4n) is 3.51. The summed E-state index contributed by atoms with van der Waals surface area (Å²) in [4.78, 5) is 0. The Morgan fingerprint density at radius 2 is 1.78 bits per heavy atom. The zero-order chi connectivity index (χ0) is 13.0. The molecule has 0 unspecified atom stereocenters. The molecule has 1 saturated heterocycles. The smallest absolute Gasteiger partial charge is 0.0126 e. The summed E-state index contributed by atoms with van der Waals surface area (Å²) in [6.45, 7) is 7.09. The minimum atomic E-state index is 0.170. The first-order valence-corrected chi connectivity index (χ1v) is 9.46. The van der Waals surface area contributed by atoms with Crippen molar-refractivity contribution in [2.24, 2.45) is 0 Å². The fourth-order valence-corrected chi connectivity index (χ4v) is 7.22. The van der Waals surface area contributed by atoms with Crippen LogP contribution in [0.15, 0.2) is 23.0 Å². The van der Waals surface area contributed by atoms with E-state index < -0.39 is 0 Å². The Kier molecular flexibility index (Phi) is 5.49. The van der Waals surface area contributed by atoms with E-state index in [2.05, 4.69) is 32.9 Å². The van der Waals surface area contributed by atoms with Crippen molar-refractivity contribution in [1.82, 2.24) is 0 Å². The van der Waals surface area contributed by atoms with Crippen LogP contribution in [0.1, 0.15) is 72.1 Å². The van der Waals surface area contributed by atoms with E-state index in [4.69, 9.17) is 0 Å². The number of hydrogen-bond acceptors (Lipinski definition) is 0. The van der Waals surface area contributed by atoms with Gasteiger partial charge in [-0.1, -0.05) is 52.8 Å². The highest BCUT2D eigenvalue weighted by molar-refractivity contribution is 7.64. The molecule has 0 nitrogen and oxygen atoms in total. The molecule has 1 heterocycles. The lowest BCUT2D eigenvalue weighted by atomic mass is 10.1. The lowest BCUT2D eigenvalue weighted by molar-refractivity contribution is 0.696. The van der Waals surface area contributed by atoms with Gasteiger partial charge in [0, 0.05) is 0 Å². The molecule has 0 aromatic rings. The topological polar surface area (TPSA) is 0 Å². The van der Waals surface area contributed by atoms with Crippen molar-refractivity contribution in [1.29, 1.82) is 0 Å². The van der Waals surface area contributed by atoms with Crippen LogP contribution in [0.3, 0.4) is 0 Å². The summed E-state index contributed by atoms with van der Waals surface area (Å²) < 4.78 is 0. The van der Waals surface area contributed by atoms with E-state index in [1.54, 1.807) is 10.9 Å². The van der Waals surface area contributed by atoms with Crippen molar-refractivity contribution in [2.75, 3.05) is 0 Å². The van der Waals surface area contributed by atoms with E-state index in [0.717, 1.165) is 11.3 Å². The predicted molar refractivity (Wildman–Crippen MR) is 84.6 cm³/mol. The molecule has 0 saturated carbocycles. The third-order valence-electron chi connectivity index (χ3n) is 4.64. The van der Waals surface area contributed by atoms with Gasteiger partial charge in [-0.15, -0.1) is 0 Å². The van der Waals surface area contributed by atoms with Gasteiger partial charge in [-0.25, -0.2) is 0 Å². The molecule has 2 rings (SSSR count). The highest BCUT2D eigenvalue weighted by atomic mass is 31.1. The molecule has 1 heteroatoms. The number of allylic oxidation sites excluding steroid dienone is 4. The molecule has 0 radical (unpaired) electrons. The van der Waals surface area contributed by atoms with Gasteiger partial charge < -0.3 is 0 Å². The van der Waals surface area contributed by atoms with Gasteiger partial charge in [-0.05, 0) is 61.6 Å². The van der Waals surface area contributed by atoms with E-state index in [0.29, 0.717) is 0 Å². The quantitative estimate of drug-likeness (QED) is 0.499. The van der Waals surface area contributed by atoms with Gasteiger partial charge in [-0.3, -0.25) is 0 Å². The van der Waals surface area contributed by atoms with Crippen molar-refractivity contribution in [3.63, 3.8) is 0 Å². The maximum absolute atomic E-state index is 2.60. The second-order valence-electron chi connectivity index (χ2n) is 5.85. The lowest BCUT2D eigenvalue weighted by Gasteiger charge is -2.25. The van der Waals surface area contributed by atoms with Crippen LogP contribution >= 0.6 is 7.92 Å². The summed E-state index contributed by atoms with van der Waals surface area (Å²) in [7, 11) is 0.170. The Bertz CT molecular complexity index is 315. The summed E-state index contributed by atoms with van der Waals surface area (Å²) in [5, 5.41) is 1.77. The molecular formula is C17H29P. The minimum absolute atomic E-state index is 0.170. The first kappa shape index (κ1) is 14.3. The van der Waals surface area contributed by atoms with Crippen molar-refractivity contribution in [3.8, 4) is 0 Å². The lowest BCUT2D eigenvalue weighted by Crippen LogP contribution is -2.02. The molecule has 0 aromatic heterocycles. The van der Waals surface area contributed by atoms with Crippen molar-refractivity contribution in [3.05, 3.63) is 23.0 Å². The summed E-state index contributed by atoms with van der Waals surface area (Å²) in [6, 6.07) is 0. The van der Waals surface area contributed by atoms with Gasteiger partial charge in [0.05, 0.1) is 0 Å².